The smallest absolute Gasteiger partial charge is 0.341 e. The van der Waals surface area contributed by atoms with Gasteiger partial charge in [0, 0.05) is 11.4 Å². The number of esters is 1. The number of thiazole rings is 1. The summed E-state index contributed by atoms with van der Waals surface area (Å²) >= 11 is 2.45. The number of ether oxygens (including phenoxy) is 2. The van der Waals surface area contributed by atoms with Gasteiger partial charge in [-0.25, -0.2) is 13.2 Å². The van der Waals surface area contributed by atoms with Crippen molar-refractivity contribution < 1.29 is 32.3 Å². The second-order valence-electron chi connectivity index (χ2n) is 8.26. The summed E-state index contributed by atoms with van der Waals surface area (Å²) in [4.78, 5) is 42.7. The molecule has 0 saturated carbocycles. The molecule has 0 bridgehead atoms. The molecule has 0 saturated heterocycles. The molecular formula is C24H25N3O7S3. The van der Waals surface area contributed by atoms with Crippen molar-refractivity contribution in [2.24, 2.45) is 4.99 Å². The molecule has 37 heavy (non-hydrogen) atoms. The van der Waals surface area contributed by atoms with Crippen LogP contribution < -0.4 is 14.9 Å². The summed E-state index contributed by atoms with van der Waals surface area (Å²) in [5, 5.41) is 2.78. The minimum atomic E-state index is -4.13. The number of carbonyl (C=O) groups is 3. The molecule has 13 heteroatoms. The molecule has 2 heterocycles. The third-order valence-electron chi connectivity index (χ3n) is 5.68. The highest BCUT2D eigenvalue weighted by molar-refractivity contribution is 7.92. The molecule has 1 aliphatic carbocycles. The highest BCUT2D eigenvalue weighted by Crippen LogP contribution is 2.39. The first-order chi connectivity index (χ1) is 17.7. The monoisotopic (exact) mass is 563 g/mol. The molecule has 1 aromatic carbocycles. The molecule has 1 N–H and O–H groups in total. The van der Waals surface area contributed by atoms with Gasteiger partial charge in [0.05, 0.1) is 30.0 Å². The Balaban J connectivity index is 1.51. The first-order valence-corrected chi connectivity index (χ1v) is 14.7. The van der Waals surface area contributed by atoms with Crippen molar-refractivity contribution in [3.05, 3.63) is 51.7 Å². The quantitative estimate of drug-likeness (QED) is 0.313. The molecule has 0 radical (unpaired) electrons. The maximum absolute atomic E-state index is 12.6. The van der Waals surface area contributed by atoms with Gasteiger partial charge in [0.1, 0.15) is 22.3 Å². The van der Waals surface area contributed by atoms with Gasteiger partial charge in [-0.05, 0) is 43.0 Å². The lowest BCUT2D eigenvalue weighted by molar-refractivity contribution is -0.115. The summed E-state index contributed by atoms with van der Waals surface area (Å²) in [5.74, 6) is -3.54. The maximum Gasteiger partial charge on any atom is 0.341 e. The summed E-state index contributed by atoms with van der Waals surface area (Å²) in [6.07, 6.45) is 4.02. The van der Waals surface area contributed by atoms with E-state index in [1.165, 1.54) is 29.8 Å². The van der Waals surface area contributed by atoms with Crippen molar-refractivity contribution in [1.82, 2.24) is 4.57 Å². The van der Waals surface area contributed by atoms with E-state index in [1.807, 2.05) is 6.07 Å². The molecule has 0 fully saturated rings. The fraction of sp³-hybridized carbons (Fsp3) is 0.333. The van der Waals surface area contributed by atoms with Crippen molar-refractivity contribution in [2.75, 3.05) is 31.0 Å². The number of hydrogen-bond acceptors (Lipinski definition) is 9. The van der Waals surface area contributed by atoms with E-state index in [0.29, 0.717) is 23.5 Å². The number of thiophene rings is 1. The number of sulfone groups is 1. The van der Waals surface area contributed by atoms with E-state index in [-0.39, 0.29) is 10.6 Å². The van der Waals surface area contributed by atoms with Crippen LogP contribution in [0.3, 0.4) is 0 Å². The Hall–Kier alpha value is -3.29. The number of allylic oxidation sites excluding steroid dienone is 1. The van der Waals surface area contributed by atoms with Crippen LogP contribution >= 0.6 is 22.7 Å². The zero-order chi connectivity index (χ0) is 26.7. The summed E-state index contributed by atoms with van der Waals surface area (Å²) < 4.78 is 37.9. The van der Waals surface area contributed by atoms with Gasteiger partial charge in [-0.2, -0.15) is 4.99 Å². The molecule has 0 unspecified atom stereocenters. The number of amides is 2. The standard InChI is InChI=1S/C24H25N3O7S3/c1-4-10-27-16-9-8-14(33-2)11-18(16)36-24(27)26-20(29)13-37(31,32)12-19(28)25-22-21(23(30)34-3)15-6-5-7-17(15)35-22/h4,8-9,11H,1,5-7,10,12-13H2,2-3H3,(H,25,28). The van der Waals surface area contributed by atoms with Crippen molar-refractivity contribution in [1.29, 1.82) is 0 Å². The Labute approximate surface area is 221 Å². The van der Waals surface area contributed by atoms with Crippen LogP contribution in [-0.2, 0) is 43.5 Å². The van der Waals surface area contributed by atoms with E-state index in [0.717, 1.165) is 33.5 Å². The number of nitrogens with zero attached hydrogens (tertiary/aromatic N) is 2. The second-order valence-corrected chi connectivity index (χ2v) is 12.4. The van der Waals surface area contributed by atoms with E-state index < -0.39 is 39.1 Å². The lowest BCUT2D eigenvalue weighted by atomic mass is 10.1. The van der Waals surface area contributed by atoms with Crippen molar-refractivity contribution in [3.8, 4) is 5.75 Å². The number of aromatic nitrogens is 1. The largest absolute Gasteiger partial charge is 0.497 e. The van der Waals surface area contributed by atoms with Crippen LogP contribution in [0.15, 0.2) is 35.8 Å². The zero-order valence-corrected chi connectivity index (χ0v) is 22.7. The molecule has 2 amide bonds. The molecule has 0 atom stereocenters. The van der Waals surface area contributed by atoms with Gasteiger partial charge in [0.2, 0.25) is 5.91 Å². The van der Waals surface area contributed by atoms with E-state index in [2.05, 4.69) is 16.9 Å². The molecule has 3 aromatic rings. The highest BCUT2D eigenvalue weighted by atomic mass is 32.2. The van der Waals surface area contributed by atoms with E-state index >= 15 is 0 Å². The van der Waals surface area contributed by atoms with Gasteiger partial charge in [-0.1, -0.05) is 17.4 Å². The van der Waals surface area contributed by atoms with Crippen LogP contribution in [0.1, 0.15) is 27.2 Å². The van der Waals surface area contributed by atoms with Gasteiger partial charge in [-0.3, -0.25) is 9.59 Å². The SMILES string of the molecule is C=CCn1c(=NC(=O)CS(=O)(=O)CC(=O)Nc2sc3c(c2C(=O)OC)CCC3)sc2cc(OC)ccc21. The topological polar surface area (TPSA) is 133 Å². The predicted molar refractivity (Wildman–Crippen MR) is 142 cm³/mol. The summed E-state index contributed by atoms with van der Waals surface area (Å²) in [5.41, 5.74) is 1.89. The number of methoxy groups -OCH3 is 2. The second kappa shape index (κ2) is 11.0. The lowest BCUT2D eigenvalue weighted by Crippen LogP contribution is -2.28. The Morgan fingerprint density at radius 1 is 1.19 bits per heavy atom. The Morgan fingerprint density at radius 3 is 2.68 bits per heavy atom. The lowest BCUT2D eigenvalue weighted by Gasteiger charge is -2.07. The fourth-order valence-electron chi connectivity index (χ4n) is 4.12. The average Bonchev–Trinajstić information content (AvgIpc) is 3.50. The number of benzene rings is 1. The third-order valence-corrected chi connectivity index (χ3v) is 9.32. The normalized spacial score (nSPS) is 13.4. The van der Waals surface area contributed by atoms with Gasteiger partial charge in [-0.15, -0.1) is 17.9 Å². The first kappa shape index (κ1) is 26.8. The van der Waals surface area contributed by atoms with Crippen LogP contribution in [0.25, 0.3) is 10.2 Å². The van der Waals surface area contributed by atoms with Crippen LogP contribution in [0.2, 0.25) is 0 Å². The van der Waals surface area contributed by atoms with Crippen LogP contribution in [0, 0.1) is 0 Å². The molecule has 0 aliphatic heterocycles. The molecule has 196 valence electrons. The highest BCUT2D eigenvalue weighted by Gasteiger charge is 2.29. The molecular weight excluding hydrogens is 538 g/mol. The molecule has 10 nitrogen and oxygen atoms in total. The Kier molecular flexibility index (Phi) is 7.95. The summed E-state index contributed by atoms with van der Waals surface area (Å²) in [6, 6.07) is 5.40. The van der Waals surface area contributed by atoms with Crippen LogP contribution in [0.5, 0.6) is 5.75 Å². The van der Waals surface area contributed by atoms with Gasteiger partial charge in [0.25, 0.3) is 5.91 Å². The van der Waals surface area contributed by atoms with Crippen molar-refractivity contribution in [3.63, 3.8) is 0 Å². The Bertz CT molecular complexity index is 1580. The average molecular weight is 564 g/mol. The van der Waals surface area contributed by atoms with Gasteiger partial charge < -0.3 is 19.4 Å². The van der Waals surface area contributed by atoms with Crippen LogP contribution in [-0.4, -0.2) is 56.5 Å². The number of carbonyl (C=O) groups excluding carboxylic acids is 3. The summed E-state index contributed by atoms with van der Waals surface area (Å²) in [6.45, 7) is 4.09. The van der Waals surface area contributed by atoms with E-state index in [4.69, 9.17) is 9.47 Å². The zero-order valence-electron chi connectivity index (χ0n) is 20.2. The minimum absolute atomic E-state index is 0.263. The molecule has 2 aromatic heterocycles. The van der Waals surface area contributed by atoms with Gasteiger partial charge in [0.15, 0.2) is 14.6 Å². The van der Waals surface area contributed by atoms with E-state index in [9.17, 15) is 22.8 Å². The number of rotatable bonds is 9. The number of fused-ring (bicyclic) bond motifs is 2. The minimum Gasteiger partial charge on any atom is -0.497 e. The van der Waals surface area contributed by atoms with Crippen molar-refractivity contribution in [2.45, 2.75) is 25.8 Å². The molecule has 0 spiro atoms. The fourth-order valence-corrected chi connectivity index (χ4v) is 7.52. The molecule has 1 aliphatic rings. The molecule has 4 rings (SSSR count). The van der Waals surface area contributed by atoms with Gasteiger partial charge >= 0.3 is 5.97 Å². The number of anilines is 1. The van der Waals surface area contributed by atoms with Crippen LogP contribution in [0.4, 0.5) is 5.00 Å². The number of aryl methyl sites for hydroxylation is 1. The maximum atomic E-state index is 12.6. The third kappa shape index (κ3) is 5.84. The van der Waals surface area contributed by atoms with Crippen molar-refractivity contribution >= 4 is 65.5 Å². The first-order valence-electron chi connectivity index (χ1n) is 11.2. The number of nitrogens with one attached hydrogen (secondary N) is 1. The predicted octanol–water partition coefficient (Wildman–Crippen LogP) is 2.72. The van der Waals surface area contributed by atoms with E-state index in [1.54, 1.807) is 29.9 Å². The number of hydrogen-bond donors (Lipinski definition) is 1. The summed E-state index contributed by atoms with van der Waals surface area (Å²) in [7, 11) is -1.34. The Morgan fingerprint density at radius 2 is 1.97 bits per heavy atom.